The molecule has 8 aliphatic rings. The van der Waals surface area contributed by atoms with Gasteiger partial charge in [0, 0.05) is 57.3 Å². The predicted octanol–water partition coefficient (Wildman–Crippen LogP) is 1.72. The summed E-state index contributed by atoms with van der Waals surface area (Å²) in [6.07, 6.45) is 10.2. The van der Waals surface area contributed by atoms with Crippen molar-refractivity contribution in [2.75, 3.05) is 73.1 Å². The highest BCUT2D eigenvalue weighted by atomic mass is 19.1. The number of likely N-dealkylation sites (tertiary alicyclic amines) is 1. The van der Waals surface area contributed by atoms with Gasteiger partial charge >= 0.3 is 0 Å². The Bertz CT molecular complexity index is 1350. The fourth-order valence-electron chi connectivity index (χ4n) is 11.2. The minimum atomic E-state index is -1.29. The number of rotatable bonds is 11. The lowest BCUT2D eigenvalue weighted by molar-refractivity contribution is -0.220. The van der Waals surface area contributed by atoms with Crippen LogP contribution in [0.2, 0.25) is 0 Å². The van der Waals surface area contributed by atoms with Gasteiger partial charge in [0.05, 0.1) is 61.3 Å². The van der Waals surface area contributed by atoms with E-state index >= 15 is 4.39 Å². The molecule has 0 radical (unpaired) electrons. The predicted molar refractivity (Wildman–Crippen MR) is 192 cm³/mol. The molecule has 5 heterocycles. The highest BCUT2D eigenvalue weighted by Crippen LogP contribution is 2.53. The number of halogens is 1. The summed E-state index contributed by atoms with van der Waals surface area (Å²) in [7, 11) is 4.16. The van der Waals surface area contributed by atoms with E-state index in [4.69, 9.17) is 14.2 Å². The summed E-state index contributed by atoms with van der Waals surface area (Å²) in [6, 6.07) is -0.947. The highest BCUT2D eigenvalue weighted by molar-refractivity contribution is 6.20. The van der Waals surface area contributed by atoms with Crippen molar-refractivity contribution in [1.29, 1.82) is 0 Å². The van der Waals surface area contributed by atoms with Gasteiger partial charge in [0.2, 0.25) is 5.91 Å². The average molecular weight is 729 g/mol. The van der Waals surface area contributed by atoms with Crippen molar-refractivity contribution in [3.05, 3.63) is 11.8 Å². The molecule has 8 rings (SSSR count). The SMILES string of the molecule is CN(C)CCCCNCCC(=O)N[C@@H]1CCN(C2C(F)CC3C(=O)C(C(=O)N4CCOCC4)=CN4C5CC6OC7CCCCC7C6CC5OC2C34)C1. The van der Waals surface area contributed by atoms with Crippen molar-refractivity contribution in [3.8, 4) is 0 Å². The van der Waals surface area contributed by atoms with Crippen LogP contribution in [-0.4, -0.2) is 165 Å². The second-order valence-corrected chi connectivity index (χ2v) is 17.2. The topological polar surface area (TPSA) is 116 Å². The van der Waals surface area contributed by atoms with Crippen LogP contribution in [-0.2, 0) is 28.6 Å². The lowest BCUT2D eigenvalue weighted by Gasteiger charge is -2.61. The van der Waals surface area contributed by atoms with Crippen molar-refractivity contribution in [3.63, 3.8) is 0 Å². The van der Waals surface area contributed by atoms with Gasteiger partial charge in [-0.3, -0.25) is 19.3 Å². The molecule has 12 atom stereocenters. The highest BCUT2D eigenvalue weighted by Gasteiger charge is 2.62. The van der Waals surface area contributed by atoms with E-state index < -0.39 is 24.2 Å². The van der Waals surface area contributed by atoms with E-state index in [0.717, 1.165) is 51.6 Å². The van der Waals surface area contributed by atoms with Crippen molar-refractivity contribution in [2.24, 2.45) is 17.8 Å². The Kier molecular flexibility index (Phi) is 11.3. The standard InChI is InChI=1S/C39H61FN6O6/c1-43(2)13-6-5-11-41-12-9-34(47)42-24-10-14-45(22-24)36-29(40)19-27-35-38(36)52-33-20-26-25-7-3-4-8-31(25)51-32(26)21-30(33)46(35)23-28(37(27)48)39(49)44-15-17-50-18-16-44/h23-27,29-33,35-36,38,41H,3-22H2,1-2H3,(H,42,47)/t24-,25?,26?,27?,29?,30?,31?,32?,33?,35?,36?,38?/m1/s1. The van der Waals surface area contributed by atoms with Crippen molar-refractivity contribution in [1.82, 2.24) is 30.2 Å². The molecule has 0 bridgehead atoms. The largest absolute Gasteiger partial charge is 0.378 e. The van der Waals surface area contributed by atoms with E-state index in [2.05, 4.69) is 39.4 Å². The lowest BCUT2D eigenvalue weighted by atomic mass is 9.67. The molecule has 11 unspecified atom stereocenters. The Labute approximate surface area is 308 Å². The first-order valence-electron chi connectivity index (χ1n) is 20.5. The molecule has 4 saturated heterocycles. The minimum Gasteiger partial charge on any atom is -0.378 e. The van der Waals surface area contributed by atoms with E-state index in [1.165, 1.54) is 19.3 Å². The summed E-state index contributed by atoms with van der Waals surface area (Å²) >= 11 is 0. The third-order valence-corrected chi connectivity index (χ3v) is 13.7. The molecule has 52 heavy (non-hydrogen) atoms. The minimum absolute atomic E-state index is 0.0214. The number of nitrogens with zero attached hydrogens (tertiary/aromatic N) is 4. The molecule has 3 saturated carbocycles. The van der Waals surface area contributed by atoms with Crippen LogP contribution in [0.25, 0.3) is 0 Å². The zero-order valence-corrected chi connectivity index (χ0v) is 31.3. The van der Waals surface area contributed by atoms with Gasteiger partial charge in [-0.15, -0.1) is 0 Å². The van der Waals surface area contributed by atoms with Crippen LogP contribution in [0, 0.1) is 17.8 Å². The van der Waals surface area contributed by atoms with Crippen LogP contribution < -0.4 is 10.6 Å². The molecule has 12 nitrogen and oxygen atoms in total. The maximum Gasteiger partial charge on any atom is 0.259 e. The zero-order valence-electron chi connectivity index (χ0n) is 31.3. The van der Waals surface area contributed by atoms with Gasteiger partial charge in [-0.05, 0) is 90.4 Å². The number of ketones is 1. The van der Waals surface area contributed by atoms with Crippen LogP contribution >= 0.6 is 0 Å². The summed E-state index contributed by atoms with van der Waals surface area (Å²) in [5.41, 5.74) is 0.184. The molecule has 0 aromatic heterocycles. The van der Waals surface area contributed by atoms with Crippen molar-refractivity contribution in [2.45, 2.75) is 125 Å². The maximum atomic E-state index is 16.8. The molecule has 3 aliphatic carbocycles. The third kappa shape index (κ3) is 7.31. The van der Waals surface area contributed by atoms with E-state index in [1.807, 2.05) is 6.20 Å². The van der Waals surface area contributed by atoms with Crippen molar-refractivity contribution < 1.29 is 33.0 Å². The second kappa shape index (κ2) is 15.9. The van der Waals surface area contributed by atoms with Crippen LogP contribution in [0.3, 0.4) is 0 Å². The number of carbonyl (C=O) groups excluding carboxylic acids is 3. The van der Waals surface area contributed by atoms with Gasteiger partial charge in [0.15, 0.2) is 5.78 Å². The number of morpholine rings is 2. The Morgan fingerprint density at radius 1 is 0.923 bits per heavy atom. The number of carbonyl (C=O) groups is 3. The molecule has 2 amide bonds. The Hall–Kier alpha value is -2.16. The Morgan fingerprint density at radius 3 is 2.58 bits per heavy atom. The summed E-state index contributed by atoms with van der Waals surface area (Å²) in [5, 5.41) is 6.60. The fraction of sp³-hybridized carbons (Fsp3) is 0.872. The van der Waals surface area contributed by atoms with Gasteiger partial charge in [-0.1, -0.05) is 12.8 Å². The van der Waals surface area contributed by atoms with Crippen LogP contribution in [0.5, 0.6) is 0 Å². The molecular formula is C39H61FN6O6. The van der Waals surface area contributed by atoms with Crippen LogP contribution in [0.15, 0.2) is 11.8 Å². The van der Waals surface area contributed by atoms with Crippen molar-refractivity contribution >= 4 is 17.6 Å². The number of amides is 2. The number of unbranched alkanes of at least 4 members (excludes halogenated alkanes) is 1. The van der Waals surface area contributed by atoms with E-state index in [0.29, 0.717) is 70.3 Å². The zero-order chi connectivity index (χ0) is 35.9. The fourth-order valence-corrected chi connectivity index (χ4v) is 11.2. The average Bonchev–Trinajstić information content (AvgIpc) is 3.75. The van der Waals surface area contributed by atoms with E-state index in [1.54, 1.807) is 4.90 Å². The van der Waals surface area contributed by atoms with Gasteiger partial charge < -0.3 is 39.5 Å². The summed E-state index contributed by atoms with van der Waals surface area (Å²) in [5.74, 6) is -0.179. The number of nitrogens with one attached hydrogen (secondary N) is 2. The number of hydrogen-bond donors (Lipinski definition) is 2. The Balaban J connectivity index is 0.977. The summed E-state index contributed by atoms with van der Waals surface area (Å²) < 4.78 is 36.1. The van der Waals surface area contributed by atoms with E-state index in [9.17, 15) is 14.4 Å². The normalized spacial score (nSPS) is 40.2. The number of ether oxygens (including phenoxy) is 3. The van der Waals surface area contributed by atoms with Gasteiger partial charge in [-0.25, -0.2) is 4.39 Å². The molecular weight excluding hydrogens is 667 g/mol. The molecule has 0 aromatic carbocycles. The summed E-state index contributed by atoms with van der Waals surface area (Å²) in [4.78, 5) is 49.4. The molecule has 2 N–H and O–H groups in total. The molecule has 13 heteroatoms. The monoisotopic (exact) mass is 728 g/mol. The number of Topliss-reactive ketones (excluding diaryl/α,β-unsaturated/α-hetero) is 1. The first-order chi connectivity index (χ1) is 25.3. The molecule has 0 spiro atoms. The smallest absolute Gasteiger partial charge is 0.259 e. The molecule has 5 aliphatic heterocycles. The number of alkyl halides is 1. The Morgan fingerprint density at radius 2 is 1.75 bits per heavy atom. The quantitative estimate of drug-likeness (QED) is 0.241. The summed E-state index contributed by atoms with van der Waals surface area (Å²) in [6.45, 7) is 5.63. The van der Waals surface area contributed by atoms with Gasteiger partial charge in [-0.2, -0.15) is 0 Å². The van der Waals surface area contributed by atoms with Crippen LogP contribution in [0.4, 0.5) is 4.39 Å². The molecule has 7 fully saturated rings. The lowest BCUT2D eigenvalue weighted by Crippen LogP contribution is -2.73. The van der Waals surface area contributed by atoms with E-state index in [-0.39, 0.29) is 59.9 Å². The van der Waals surface area contributed by atoms with Gasteiger partial charge in [0.25, 0.3) is 5.91 Å². The first-order valence-corrected chi connectivity index (χ1v) is 20.5. The maximum absolute atomic E-state index is 16.8. The first kappa shape index (κ1) is 36.8. The molecule has 290 valence electrons. The van der Waals surface area contributed by atoms with Crippen LogP contribution in [0.1, 0.15) is 70.6 Å². The number of hydrogen-bond acceptors (Lipinski definition) is 10. The number of fused-ring (bicyclic) bond motifs is 5. The van der Waals surface area contributed by atoms with Gasteiger partial charge in [0.1, 0.15) is 6.17 Å². The third-order valence-electron chi connectivity index (χ3n) is 13.7. The second-order valence-electron chi connectivity index (χ2n) is 17.2. The molecule has 0 aromatic rings.